The molecule has 0 N–H and O–H groups in total. The van der Waals surface area contributed by atoms with Gasteiger partial charge in [-0.05, 0) is 192 Å². The summed E-state index contributed by atoms with van der Waals surface area (Å²) < 4.78 is 50.5. The van der Waals surface area contributed by atoms with Crippen molar-refractivity contribution < 1.29 is 41.2 Å². The summed E-state index contributed by atoms with van der Waals surface area (Å²) in [6.45, 7) is 27.4. The molecule has 1 aromatic carbocycles. The minimum Gasteiger partial charge on any atom is -0.444 e. The third-order valence-corrected chi connectivity index (χ3v) is 13.9. The number of ether oxygens (including phenoxy) is 3. The standard InChI is InChI=1S/C20H31NO5S.2C17H29N3O2.CH4/c1-16-10-12-18(13-11-16)27(23,24)25-15-7-9-17-8-5-6-14-21(17)19(22)26-20(2,3)4;1-14-12-19(13-18-14)10-7-9-15-8-5-6-11-20(15)16(21)22-17(2,3)4;1-14-12-18-13-19(14)10-7-9-15-8-5-6-11-20(15)16(21)22-17(2,3)4;/h10-13,17H,5-9,14-15H2,1-4H3;2*12-13,15H,5-11H2,1-4H3;1H4. The van der Waals surface area contributed by atoms with Gasteiger partial charge in [0, 0.05) is 68.9 Å². The molecule has 3 saturated heterocycles. The number of piperidine rings is 3. The van der Waals surface area contributed by atoms with Gasteiger partial charge in [0.15, 0.2) is 0 Å². The Hall–Kier alpha value is -4.64. The Kier molecular flexibility index (Phi) is 24.6. The Labute approximate surface area is 434 Å². The van der Waals surface area contributed by atoms with Gasteiger partial charge < -0.3 is 38.0 Å². The highest BCUT2D eigenvalue weighted by molar-refractivity contribution is 7.86. The van der Waals surface area contributed by atoms with E-state index in [9.17, 15) is 22.8 Å². The molecule has 72 heavy (non-hydrogen) atoms. The highest BCUT2D eigenvalue weighted by Gasteiger charge is 2.33. The molecule has 0 spiro atoms. The van der Waals surface area contributed by atoms with Crippen molar-refractivity contribution in [2.24, 2.45) is 0 Å². The van der Waals surface area contributed by atoms with Crippen molar-refractivity contribution in [2.45, 2.75) is 240 Å². The molecule has 408 valence electrons. The topological polar surface area (TPSA) is 168 Å². The third kappa shape index (κ3) is 22.2. The Morgan fingerprint density at radius 3 is 1.43 bits per heavy atom. The van der Waals surface area contributed by atoms with E-state index in [1.165, 1.54) is 18.5 Å². The van der Waals surface area contributed by atoms with Gasteiger partial charge in [0.1, 0.15) is 16.8 Å². The van der Waals surface area contributed by atoms with Gasteiger partial charge in [-0.2, -0.15) is 8.42 Å². The van der Waals surface area contributed by atoms with Crippen molar-refractivity contribution in [3.8, 4) is 0 Å². The number of carbonyl (C=O) groups is 3. The molecule has 3 fully saturated rings. The van der Waals surface area contributed by atoms with Crippen molar-refractivity contribution in [1.82, 2.24) is 33.8 Å². The number of hydrogen-bond acceptors (Lipinski definition) is 11. The smallest absolute Gasteiger partial charge is 0.410 e. The highest BCUT2D eigenvalue weighted by Crippen LogP contribution is 2.27. The molecule has 3 atom stereocenters. The van der Waals surface area contributed by atoms with E-state index < -0.39 is 26.9 Å². The molecule has 17 heteroatoms. The number of aryl methyl sites for hydroxylation is 5. The molecule has 0 aliphatic carbocycles. The monoisotopic (exact) mass is 1030 g/mol. The van der Waals surface area contributed by atoms with Crippen LogP contribution in [0, 0.1) is 20.8 Å². The van der Waals surface area contributed by atoms with Crippen LogP contribution in [0.5, 0.6) is 0 Å². The van der Waals surface area contributed by atoms with Crippen LogP contribution in [0.1, 0.15) is 183 Å². The van der Waals surface area contributed by atoms with Crippen LogP contribution in [0.15, 0.2) is 54.2 Å². The maximum Gasteiger partial charge on any atom is 0.410 e. The molecule has 6 rings (SSSR count). The first-order chi connectivity index (χ1) is 33.3. The second-order valence-corrected chi connectivity index (χ2v) is 24.1. The predicted molar refractivity (Wildman–Crippen MR) is 284 cm³/mol. The van der Waals surface area contributed by atoms with Crippen LogP contribution in [0.4, 0.5) is 14.4 Å². The zero-order valence-electron chi connectivity index (χ0n) is 45.4. The molecule has 0 bridgehead atoms. The van der Waals surface area contributed by atoms with Crippen molar-refractivity contribution in [3.05, 3.63) is 66.3 Å². The molecule has 3 amide bonds. The normalized spacial score (nSPS) is 18.7. The van der Waals surface area contributed by atoms with E-state index in [2.05, 4.69) is 32.2 Å². The average Bonchev–Trinajstić information content (AvgIpc) is 3.90. The Balaban J connectivity index is 0.000000285. The van der Waals surface area contributed by atoms with Gasteiger partial charge in [-0.1, -0.05) is 25.1 Å². The van der Waals surface area contributed by atoms with E-state index in [-0.39, 0.29) is 43.3 Å². The lowest BCUT2D eigenvalue weighted by atomic mass is 9.98. The molecule has 16 nitrogen and oxygen atoms in total. The first-order valence-corrected chi connectivity index (χ1v) is 27.6. The zero-order chi connectivity index (χ0) is 52.4. The van der Waals surface area contributed by atoms with Gasteiger partial charge in [0.2, 0.25) is 0 Å². The van der Waals surface area contributed by atoms with Crippen LogP contribution in [-0.4, -0.2) is 122 Å². The molecule has 3 unspecified atom stereocenters. The number of carbonyl (C=O) groups excluding carboxylic acids is 3. The summed E-state index contributed by atoms with van der Waals surface area (Å²) in [6, 6.07) is 7.29. The molecule has 3 aliphatic heterocycles. The number of likely N-dealkylation sites (tertiary alicyclic amines) is 3. The lowest BCUT2D eigenvalue weighted by Crippen LogP contribution is -2.46. The highest BCUT2D eigenvalue weighted by atomic mass is 32.2. The molecular weight excluding hydrogens is 935 g/mol. The fraction of sp³-hybridized carbons (Fsp3) is 0.727. The van der Waals surface area contributed by atoms with Gasteiger partial charge in [0.05, 0.1) is 29.9 Å². The number of aromatic nitrogens is 4. The predicted octanol–water partition coefficient (Wildman–Crippen LogP) is 12.4. The van der Waals surface area contributed by atoms with E-state index in [0.29, 0.717) is 31.5 Å². The van der Waals surface area contributed by atoms with Crippen LogP contribution in [0.25, 0.3) is 0 Å². The molecule has 3 aliphatic rings. The Morgan fingerprint density at radius 1 is 0.611 bits per heavy atom. The molecule has 2 aromatic heterocycles. The fourth-order valence-electron chi connectivity index (χ4n) is 9.07. The summed E-state index contributed by atoms with van der Waals surface area (Å²) in [6.07, 6.45) is 22.2. The van der Waals surface area contributed by atoms with E-state index in [0.717, 1.165) is 108 Å². The number of nitrogens with zero attached hydrogens (tertiary/aromatic N) is 7. The molecule has 5 heterocycles. The summed E-state index contributed by atoms with van der Waals surface area (Å²) in [5.74, 6) is 0. The maximum absolute atomic E-state index is 12.4. The summed E-state index contributed by atoms with van der Waals surface area (Å²) in [4.78, 5) is 51.3. The SMILES string of the molecule is C.Cc1ccc(S(=O)(=O)OCCCC2CCCCN2C(=O)OC(C)(C)C)cc1.Cc1cn(CCCC2CCCCN2C(=O)OC(C)(C)C)cn1.Cc1cncn1CCCC1CCCCN1C(=O)OC(C)(C)C. The third-order valence-electron chi connectivity index (χ3n) is 12.6. The lowest BCUT2D eigenvalue weighted by molar-refractivity contribution is 0.00734. The number of imidazole rings is 2. The second-order valence-electron chi connectivity index (χ2n) is 22.5. The van der Waals surface area contributed by atoms with Gasteiger partial charge in [0.25, 0.3) is 10.1 Å². The molecule has 0 saturated carbocycles. The summed E-state index contributed by atoms with van der Waals surface area (Å²) in [5.41, 5.74) is 1.86. The molecule has 0 radical (unpaired) electrons. The Bertz CT molecular complexity index is 2190. The maximum atomic E-state index is 12.4. The van der Waals surface area contributed by atoms with Crippen LogP contribution < -0.4 is 0 Å². The van der Waals surface area contributed by atoms with E-state index in [4.69, 9.17) is 18.4 Å². The summed E-state index contributed by atoms with van der Waals surface area (Å²) in [7, 11) is -3.74. The number of rotatable bonds is 14. The van der Waals surface area contributed by atoms with Crippen LogP contribution in [0.2, 0.25) is 0 Å². The van der Waals surface area contributed by atoms with Gasteiger partial charge in [-0.25, -0.2) is 24.4 Å². The van der Waals surface area contributed by atoms with Crippen LogP contribution in [-0.2, 0) is 41.6 Å². The van der Waals surface area contributed by atoms with E-state index >= 15 is 0 Å². The summed E-state index contributed by atoms with van der Waals surface area (Å²) in [5, 5.41) is 0. The first-order valence-electron chi connectivity index (χ1n) is 26.2. The van der Waals surface area contributed by atoms with E-state index in [1.54, 1.807) is 29.2 Å². The fourth-order valence-corrected chi connectivity index (χ4v) is 10.0. The molecule has 3 aromatic rings. The number of benzene rings is 1. The Morgan fingerprint density at radius 2 is 1.04 bits per heavy atom. The first kappa shape index (κ1) is 61.7. The van der Waals surface area contributed by atoms with Crippen molar-refractivity contribution in [2.75, 3.05) is 26.2 Å². The van der Waals surface area contributed by atoms with Gasteiger partial charge in [-0.15, -0.1) is 0 Å². The average molecular weight is 1030 g/mol. The number of hydrogen-bond donors (Lipinski definition) is 0. The number of amides is 3. The van der Waals surface area contributed by atoms with Crippen LogP contribution in [0.3, 0.4) is 0 Å². The van der Waals surface area contributed by atoms with E-state index in [1.807, 2.05) is 105 Å². The van der Waals surface area contributed by atoms with Crippen molar-refractivity contribution in [3.63, 3.8) is 0 Å². The second kappa shape index (κ2) is 28.7. The van der Waals surface area contributed by atoms with Crippen molar-refractivity contribution >= 4 is 28.4 Å². The summed E-state index contributed by atoms with van der Waals surface area (Å²) >= 11 is 0. The van der Waals surface area contributed by atoms with Crippen molar-refractivity contribution in [1.29, 1.82) is 0 Å². The van der Waals surface area contributed by atoms with Gasteiger partial charge in [-0.3, -0.25) is 4.18 Å². The quantitative estimate of drug-likeness (QED) is 0.0856. The largest absolute Gasteiger partial charge is 0.444 e. The minimum absolute atomic E-state index is 0. The van der Waals surface area contributed by atoms with Crippen LogP contribution >= 0.6 is 0 Å². The lowest BCUT2D eigenvalue weighted by Gasteiger charge is -2.37. The van der Waals surface area contributed by atoms with Gasteiger partial charge >= 0.3 is 18.3 Å². The minimum atomic E-state index is -3.74. The molecular formula is C55H93N7O9S. The zero-order valence-corrected chi connectivity index (χ0v) is 46.2.